The lowest BCUT2D eigenvalue weighted by Crippen LogP contribution is -2.15. The maximum atomic E-state index is 13.2. The van der Waals surface area contributed by atoms with Crippen molar-refractivity contribution in [1.82, 2.24) is 15.0 Å². The molecule has 0 bridgehead atoms. The molecule has 0 spiro atoms. The van der Waals surface area contributed by atoms with Gasteiger partial charge in [0, 0.05) is 29.4 Å². The molecule has 42 heavy (non-hydrogen) atoms. The first-order chi connectivity index (χ1) is 20.2. The summed E-state index contributed by atoms with van der Waals surface area (Å²) in [6.45, 7) is 0. The van der Waals surface area contributed by atoms with Gasteiger partial charge in [0.1, 0.15) is 11.4 Å². The summed E-state index contributed by atoms with van der Waals surface area (Å²) in [5.74, 6) is 1.31. The Balaban J connectivity index is 1.36. The van der Waals surface area contributed by atoms with Crippen LogP contribution in [0.2, 0.25) is 0 Å². The zero-order chi connectivity index (χ0) is 29.4. The summed E-state index contributed by atoms with van der Waals surface area (Å²) in [5.41, 5.74) is 15.9. The van der Waals surface area contributed by atoms with Gasteiger partial charge in [0.15, 0.2) is 11.6 Å². The van der Waals surface area contributed by atoms with Crippen molar-refractivity contribution in [1.29, 1.82) is 0 Å². The third kappa shape index (κ3) is 5.33. The van der Waals surface area contributed by atoms with Crippen LogP contribution in [0.5, 0.6) is 5.75 Å². The second-order valence-corrected chi connectivity index (χ2v) is 9.69. The Morgan fingerprint density at radius 3 is 2.55 bits per heavy atom. The van der Waals surface area contributed by atoms with Crippen molar-refractivity contribution in [2.45, 2.75) is 18.6 Å². The highest BCUT2D eigenvalue weighted by atomic mass is 19.4. The third-order valence-electron chi connectivity index (χ3n) is 6.94. The Kier molecular flexibility index (Phi) is 6.73. The molecule has 1 aliphatic rings. The molecular formula is C30H25F3N8O. The van der Waals surface area contributed by atoms with Gasteiger partial charge in [0.25, 0.3) is 0 Å². The fourth-order valence-electron chi connectivity index (χ4n) is 4.88. The number of benzene rings is 3. The molecule has 0 aliphatic carbocycles. The normalized spacial score (nSPS) is 14.9. The van der Waals surface area contributed by atoms with E-state index in [0.717, 1.165) is 40.4 Å². The quantitative estimate of drug-likeness (QED) is 0.185. The number of hydrogen-bond donors (Lipinski definition) is 4. The van der Waals surface area contributed by atoms with Crippen LogP contribution < -0.4 is 26.8 Å². The van der Waals surface area contributed by atoms with Gasteiger partial charge in [-0.15, -0.1) is 0 Å². The molecule has 9 nitrogen and oxygen atoms in total. The summed E-state index contributed by atoms with van der Waals surface area (Å²) in [6.07, 6.45) is -2.50. The molecule has 3 aromatic carbocycles. The molecule has 0 radical (unpaired) electrons. The van der Waals surface area contributed by atoms with Crippen LogP contribution in [0.3, 0.4) is 0 Å². The molecule has 12 heteroatoms. The van der Waals surface area contributed by atoms with Gasteiger partial charge in [-0.2, -0.15) is 23.1 Å². The SMILES string of the molecule is COc1ccc(C2=Nc3c(N)nc(N)nc3NC(c3cccc(Nc4ccnc5cc(C(F)(F)F)ccc45)c3)C2)cc1. The highest BCUT2D eigenvalue weighted by Gasteiger charge is 2.31. The van der Waals surface area contributed by atoms with E-state index in [-0.39, 0.29) is 23.3 Å². The summed E-state index contributed by atoms with van der Waals surface area (Å²) < 4.78 is 45.0. The molecule has 5 aromatic rings. The predicted molar refractivity (Wildman–Crippen MR) is 157 cm³/mol. The van der Waals surface area contributed by atoms with Crippen LogP contribution in [0.4, 0.5) is 47.8 Å². The van der Waals surface area contributed by atoms with Crippen molar-refractivity contribution in [3.63, 3.8) is 0 Å². The number of hydrogen-bond acceptors (Lipinski definition) is 9. The lowest BCUT2D eigenvalue weighted by molar-refractivity contribution is -0.137. The Bertz CT molecular complexity index is 1820. The molecule has 0 saturated carbocycles. The number of nitrogens with two attached hydrogens (primary N) is 2. The molecule has 1 unspecified atom stereocenters. The number of halogens is 3. The summed E-state index contributed by atoms with van der Waals surface area (Å²) in [6, 6.07) is 20.2. The molecular weight excluding hydrogens is 545 g/mol. The number of rotatable bonds is 5. The number of aromatic nitrogens is 3. The van der Waals surface area contributed by atoms with Gasteiger partial charge in [0.05, 0.1) is 29.9 Å². The first kappa shape index (κ1) is 26.8. The molecule has 1 atom stereocenters. The van der Waals surface area contributed by atoms with Crippen molar-refractivity contribution < 1.29 is 17.9 Å². The lowest BCUT2D eigenvalue weighted by Gasteiger charge is -2.20. The highest BCUT2D eigenvalue weighted by molar-refractivity contribution is 6.05. The largest absolute Gasteiger partial charge is 0.497 e. The van der Waals surface area contributed by atoms with Crippen molar-refractivity contribution in [3.05, 3.63) is 95.7 Å². The average molecular weight is 571 g/mol. The van der Waals surface area contributed by atoms with E-state index in [0.29, 0.717) is 29.0 Å². The monoisotopic (exact) mass is 570 g/mol. The summed E-state index contributed by atoms with van der Waals surface area (Å²) in [4.78, 5) is 17.4. The van der Waals surface area contributed by atoms with E-state index >= 15 is 0 Å². The number of nitrogen functional groups attached to an aromatic ring is 2. The van der Waals surface area contributed by atoms with Crippen molar-refractivity contribution in [3.8, 4) is 5.75 Å². The first-order valence-electron chi connectivity index (χ1n) is 12.9. The van der Waals surface area contributed by atoms with Gasteiger partial charge in [-0.25, -0.2) is 4.99 Å². The predicted octanol–water partition coefficient (Wildman–Crippen LogP) is 6.64. The summed E-state index contributed by atoms with van der Waals surface area (Å²) in [5, 5.41) is 7.32. The number of anilines is 5. The molecule has 0 fully saturated rings. The molecule has 6 N–H and O–H groups in total. The number of alkyl halides is 3. The maximum Gasteiger partial charge on any atom is 0.416 e. The average Bonchev–Trinajstić information content (AvgIpc) is 3.17. The third-order valence-corrected chi connectivity index (χ3v) is 6.94. The van der Waals surface area contributed by atoms with Crippen LogP contribution in [0, 0.1) is 0 Å². The van der Waals surface area contributed by atoms with Gasteiger partial charge in [0.2, 0.25) is 5.95 Å². The molecule has 2 aromatic heterocycles. The number of pyridine rings is 1. The Hall–Kier alpha value is -5.39. The smallest absolute Gasteiger partial charge is 0.416 e. The molecule has 0 saturated heterocycles. The highest BCUT2D eigenvalue weighted by Crippen LogP contribution is 2.39. The van der Waals surface area contributed by atoms with E-state index in [2.05, 4.69) is 25.6 Å². The number of methoxy groups -OCH3 is 1. The van der Waals surface area contributed by atoms with E-state index in [1.165, 1.54) is 12.3 Å². The second-order valence-electron chi connectivity index (χ2n) is 9.69. The first-order valence-corrected chi connectivity index (χ1v) is 12.9. The van der Waals surface area contributed by atoms with E-state index in [4.69, 9.17) is 21.2 Å². The molecule has 0 amide bonds. The second kappa shape index (κ2) is 10.5. The zero-order valence-electron chi connectivity index (χ0n) is 22.3. The Morgan fingerprint density at radius 1 is 0.976 bits per heavy atom. The number of ether oxygens (including phenoxy) is 1. The minimum atomic E-state index is -4.45. The topological polar surface area (TPSA) is 136 Å². The fraction of sp³-hybridized carbons (Fsp3) is 0.133. The number of nitrogens with one attached hydrogen (secondary N) is 2. The van der Waals surface area contributed by atoms with Crippen LogP contribution in [-0.4, -0.2) is 27.8 Å². The van der Waals surface area contributed by atoms with Gasteiger partial charge in [-0.1, -0.05) is 18.2 Å². The van der Waals surface area contributed by atoms with E-state index < -0.39 is 11.7 Å². The summed E-state index contributed by atoms with van der Waals surface area (Å²) in [7, 11) is 1.60. The number of fused-ring (bicyclic) bond motifs is 2. The maximum absolute atomic E-state index is 13.2. The van der Waals surface area contributed by atoms with Crippen LogP contribution in [-0.2, 0) is 6.18 Å². The van der Waals surface area contributed by atoms with Crippen molar-refractivity contribution in [2.24, 2.45) is 4.99 Å². The molecule has 212 valence electrons. The minimum Gasteiger partial charge on any atom is -0.497 e. The van der Waals surface area contributed by atoms with Crippen molar-refractivity contribution in [2.75, 3.05) is 29.2 Å². The minimum absolute atomic E-state index is 0.0225. The number of nitrogens with zero attached hydrogens (tertiary/aromatic N) is 4. The van der Waals surface area contributed by atoms with Crippen LogP contribution in [0.15, 0.2) is 84.0 Å². The van der Waals surface area contributed by atoms with Crippen LogP contribution in [0.1, 0.15) is 29.2 Å². The standard InChI is InChI=1S/C30H25F3N8O/c1-42-20-8-5-16(6-9-20)23-15-24(39-28-26(38-23)27(34)40-29(35)41-28)17-3-2-4-19(13-17)37-22-11-12-36-25-14-18(30(31,32)33)7-10-21(22)25/h2-14,24H,15H2,1H3,(H,36,37)(H5,34,35,39,40,41). The van der Waals surface area contributed by atoms with E-state index in [1.807, 2.05) is 48.5 Å². The van der Waals surface area contributed by atoms with Gasteiger partial charge < -0.3 is 26.8 Å². The Labute approximate surface area is 238 Å². The molecule has 3 heterocycles. The zero-order valence-corrected chi connectivity index (χ0v) is 22.3. The van der Waals surface area contributed by atoms with Crippen LogP contribution >= 0.6 is 0 Å². The fourth-order valence-corrected chi connectivity index (χ4v) is 4.88. The Morgan fingerprint density at radius 2 is 1.79 bits per heavy atom. The number of aliphatic imine (C=N–C) groups is 1. The summed E-state index contributed by atoms with van der Waals surface area (Å²) >= 11 is 0. The van der Waals surface area contributed by atoms with Crippen molar-refractivity contribution >= 4 is 51.3 Å². The van der Waals surface area contributed by atoms with Gasteiger partial charge in [-0.3, -0.25) is 4.98 Å². The van der Waals surface area contributed by atoms with Crippen LogP contribution in [0.25, 0.3) is 10.9 Å². The lowest BCUT2D eigenvalue weighted by atomic mass is 9.97. The van der Waals surface area contributed by atoms with E-state index in [9.17, 15) is 13.2 Å². The van der Waals surface area contributed by atoms with E-state index in [1.54, 1.807) is 13.2 Å². The van der Waals surface area contributed by atoms with Gasteiger partial charge in [-0.05, 0) is 65.7 Å². The molecule has 6 rings (SSSR count). The molecule has 1 aliphatic heterocycles. The van der Waals surface area contributed by atoms with Gasteiger partial charge >= 0.3 is 6.18 Å².